The van der Waals surface area contributed by atoms with Crippen LogP contribution in [0.2, 0.25) is 0 Å². The Morgan fingerprint density at radius 2 is 1.65 bits per heavy atom. The van der Waals surface area contributed by atoms with Gasteiger partial charge in [-0.15, -0.1) is 0 Å². The Kier molecular flexibility index (Phi) is 6.40. The Labute approximate surface area is 195 Å². The molecule has 172 valence electrons. The van der Waals surface area contributed by atoms with Crippen LogP contribution in [0.15, 0.2) is 84.4 Å². The van der Waals surface area contributed by atoms with E-state index >= 15 is 0 Å². The first-order chi connectivity index (χ1) is 16.4. The number of methoxy groups -OCH3 is 1. The zero-order chi connectivity index (χ0) is 24.2. The number of amides is 1. The lowest BCUT2D eigenvalue weighted by Crippen LogP contribution is -2.31. The zero-order valence-corrected chi connectivity index (χ0v) is 18.4. The van der Waals surface area contributed by atoms with Crippen molar-refractivity contribution in [3.8, 4) is 5.75 Å². The number of nitro groups is 1. The second-order valence-electron chi connectivity index (χ2n) is 7.81. The second kappa shape index (κ2) is 9.58. The van der Waals surface area contributed by atoms with Crippen LogP contribution in [-0.2, 0) is 16.0 Å². The van der Waals surface area contributed by atoms with E-state index < -0.39 is 22.7 Å². The molecule has 1 saturated heterocycles. The molecule has 1 N–H and O–H groups in total. The fraction of sp³-hybridized carbons (Fsp3) is 0.154. The molecule has 8 heteroatoms. The number of Topliss-reactive ketones (excluding diaryl/α,β-unsaturated/α-hetero) is 1. The fourth-order valence-electron chi connectivity index (χ4n) is 4.03. The van der Waals surface area contributed by atoms with Crippen LogP contribution in [0.25, 0.3) is 5.76 Å². The van der Waals surface area contributed by atoms with Crippen LogP contribution in [0.1, 0.15) is 22.7 Å². The maximum absolute atomic E-state index is 13.1. The number of aliphatic hydroxyl groups is 1. The molecule has 0 aromatic heterocycles. The SMILES string of the molecule is COc1ccc(C(O)=C2C(=O)C(=O)N(CCc3ccccc3)C2c2ccc([N+](=O)[O-])cc2)cc1. The molecule has 4 rings (SSSR count). The number of nitrogens with zero attached hydrogens (tertiary/aromatic N) is 2. The summed E-state index contributed by atoms with van der Waals surface area (Å²) in [6, 6.07) is 20.8. The Bertz CT molecular complexity index is 1250. The van der Waals surface area contributed by atoms with Crippen LogP contribution in [0, 0.1) is 10.1 Å². The van der Waals surface area contributed by atoms with Gasteiger partial charge in [0, 0.05) is 24.2 Å². The van der Waals surface area contributed by atoms with Gasteiger partial charge in [-0.05, 0) is 53.9 Å². The maximum atomic E-state index is 13.1. The van der Waals surface area contributed by atoms with E-state index in [1.807, 2.05) is 30.3 Å². The average molecular weight is 458 g/mol. The molecule has 0 aliphatic carbocycles. The largest absolute Gasteiger partial charge is 0.507 e. The van der Waals surface area contributed by atoms with Crippen molar-refractivity contribution in [2.45, 2.75) is 12.5 Å². The molecule has 3 aromatic rings. The number of ketones is 1. The van der Waals surface area contributed by atoms with Crippen molar-refractivity contribution < 1.29 is 24.4 Å². The van der Waals surface area contributed by atoms with Crippen molar-refractivity contribution in [3.63, 3.8) is 0 Å². The Hall–Kier alpha value is -4.46. The lowest BCUT2D eigenvalue weighted by molar-refractivity contribution is -0.384. The van der Waals surface area contributed by atoms with Crippen molar-refractivity contribution in [1.29, 1.82) is 0 Å². The molecule has 0 bridgehead atoms. The van der Waals surface area contributed by atoms with Gasteiger partial charge in [-0.25, -0.2) is 0 Å². The highest BCUT2D eigenvalue weighted by Gasteiger charge is 2.45. The number of hydrogen-bond donors (Lipinski definition) is 1. The molecule has 1 fully saturated rings. The van der Waals surface area contributed by atoms with Gasteiger partial charge in [0.25, 0.3) is 17.4 Å². The van der Waals surface area contributed by atoms with E-state index in [2.05, 4.69) is 0 Å². The number of carbonyl (C=O) groups is 2. The van der Waals surface area contributed by atoms with Gasteiger partial charge in [-0.1, -0.05) is 30.3 Å². The maximum Gasteiger partial charge on any atom is 0.295 e. The lowest BCUT2D eigenvalue weighted by atomic mass is 9.95. The molecule has 1 amide bonds. The highest BCUT2D eigenvalue weighted by molar-refractivity contribution is 6.46. The van der Waals surface area contributed by atoms with Crippen molar-refractivity contribution in [2.24, 2.45) is 0 Å². The molecular formula is C26H22N2O6. The van der Waals surface area contributed by atoms with Crippen molar-refractivity contribution >= 4 is 23.1 Å². The second-order valence-corrected chi connectivity index (χ2v) is 7.81. The Morgan fingerprint density at radius 3 is 2.24 bits per heavy atom. The van der Waals surface area contributed by atoms with E-state index in [4.69, 9.17) is 4.74 Å². The van der Waals surface area contributed by atoms with Gasteiger partial charge in [-0.3, -0.25) is 19.7 Å². The number of likely N-dealkylation sites (tertiary alicyclic amines) is 1. The minimum Gasteiger partial charge on any atom is -0.507 e. The molecule has 8 nitrogen and oxygen atoms in total. The first-order valence-corrected chi connectivity index (χ1v) is 10.6. The average Bonchev–Trinajstić information content (AvgIpc) is 3.12. The zero-order valence-electron chi connectivity index (χ0n) is 18.4. The number of hydrogen-bond acceptors (Lipinski definition) is 6. The summed E-state index contributed by atoms with van der Waals surface area (Å²) >= 11 is 0. The number of benzene rings is 3. The van der Waals surface area contributed by atoms with Gasteiger partial charge in [0.1, 0.15) is 11.5 Å². The molecule has 3 aromatic carbocycles. The summed E-state index contributed by atoms with van der Waals surface area (Å²) in [5, 5.41) is 22.2. The summed E-state index contributed by atoms with van der Waals surface area (Å²) in [6.45, 7) is 0.232. The van der Waals surface area contributed by atoms with Gasteiger partial charge in [0.15, 0.2) is 0 Å². The molecule has 1 atom stereocenters. The number of aliphatic hydroxyl groups excluding tert-OH is 1. The van der Waals surface area contributed by atoms with E-state index in [1.165, 1.54) is 36.3 Å². The standard InChI is InChI=1S/C26H22N2O6/c1-34-21-13-9-19(10-14-21)24(29)22-23(18-7-11-20(12-8-18)28(32)33)27(26(31)25(22)30)16-15-17-5-3-2-4-6-17/h2-14,23,29H,15-16H2,1H3. The highest BCUT2D eigenvalue weighted by Crippen LogP contribution is 2.40. The Morgan fingerprint density at radius 1 is 1.00 bits per heavy atom. The topological polar surface area (TPSA) is 110 Å². The molecule has 0 spiro atoms. The molecule has 1 heterocycles. The number of nitro benzene ring substituents is 1. The van der Waals surface area contributed by atoms with Gasteiger partial charge < -0.3 is 14.7 Å². The van der Waals surface area contributed by atoms with E-state index in [1.54, 1.807) is 24.3 Å². The summed E-state index contributed by atoms with van der Waals surface area (Å²) < 4.78 is 5.14. The van der Waals surface area contributed by atoms with Crippen molar-refractivity contribution in [1.82, 2.24) is 4.90 Å². The number of rotatable bonds is 7. The molecule has 1 aliphatic rings. The number of carbonyl (C=O) groups excluding carboxylic acids is 2. The molecule has 0 radical (unpaired) electrons. The highest BCUT2D eigenvalue weighted by atomic mass is 16.6. The van der Waals surface area contributed by atoms with Gasteiger partial charge in [0.05, 0.1) is 23.6 Å². The molecule has 34 heavy (non-hydrogen) atoms. The first-order valence-electron chi connectivity index (χ1n) is 10.6. The smallest absolute Gasteiger partial charge is 0.295 e. The van der Waals surface area contributed by atoms with E-state index in [0.29, 0.717) is 23.3 Å². The summed E-state index contributed by atoms with van der Waals surface area (Å²) in [5.74, 6) is -1.27. The van der Waals surface area contributed by atoms with Crippen LogP contribution in [-0.4, -0.2) is 40.3 Å². The first kappa shape index (κ1) is 22.7. The van der Waals surface area contributed by atoms with Crippen LogP contribution in [0.3, 0.4) is 0 Å². The summed E-state index contributed by atoms with van der Waals surface area (Å²) in [4.78, 5) is 38.1. The van der Waals surface area contributed by atoms with Crippen LogP contribution >= 0.6 is 0 Å². The van der Waals surface area contributed by atoms with Crippen LogP contribution in [0.5, 0.6) is 5.75 Å². The molecular weight excluding hydrogens is 436 g/mol. The van der Waals surface area contributed by atoms with E-state index in [0.717, 1.165) is 5.56 Å². The molecule has 1 aliphatic heterocycles. The lowest BCUT2D eigenvalue weighted by Gasteiger charge is -2.25. The summed E-state index contributed by atoms with van der Waals surface area (Å²) in [5.41, 5.74) is 1.67. The van der Waals surface area contributed by atoms with Crippen molar-refractivity contribution in [2.75, 3.05) is 13.7 Å². The van der Waals surface area contributed by atoms with Crippen LogP contribution < -0.4 is 4.74 Å². The summed E-state index contributed by atoms with van der Waals surface area (Å²) in [6.07, 6.45) is 0.500. The minimum atomic E-state index is -0.883. The van der Waals surface area contributed by atoms with Gasteiger partial charge in [-0.2, -0.15) is 0 Å². The van der Waals surface area contributed by atoms with E-state index in [9.17, 15) is 24.8 Å². The third-order valence-corrected chi connectivity index (χ3v) is 5.81. The molecule has 1 unspecified atom stereocenters. The molecule has 0 saturated carbocycles. The third-order valence-electron chi connectivity index (χ3n) is 5.81. The van der Waals surface area contributed by atoms with Crippen LogP contribution in [0.4, 0.5) is 5.69 Å². The quantitative estimate of drug-likeness (QED) is 0.186. The normalized spacial score (nSPS) is 17.1. The monoisotopic (exact) mass is 458 g/mol. The van der Waals surface area contributed by atoms with Gasteiger partial charge in [0.2, 0.25) is 0 Å². The van der Waals surface area contributed by atoms with Crippen molar-refractivity contribution in [3.05, 3.63) is 111 Å². The van der Waals surface area contributed by atoms with E-state index in [-0.39, 0.29) is 23.6 Å². The third kappa shape index (κ3) is 4.38. The van der Waals surface area contributed by atoms with Gasteiger partial charge >= 0.3 is 0 Å². The number of non-ortho nitro benzene ring substituents is 1. The predicted molar refractivity (Wildman–Crippen MR) is 125 cm³/mol. The summed E-state index contributed by atoms with van der Waals surface area (Å²) in [7, 11) is 1.52. The fourth-order valence-corrected chi connectivity index (χ4v) is 4.03. The number of ether oxygens (including phenoxy) is 1. The minimum absolute atomic E-state index is 0.0583. The Balaban J connectivity index is 1.78. The predicted octanol–water partition coefficient (Wildman–Crippen LogP) is 4.27.